The average Bonchev–Trinajstić information content (AvgIpc) is 2.97. The van der Waals surface area contributed by atoms with Crippen molar-refractivity contribution >= 4 is 28.2 Å². The van der Waals surface area contributed by atoms with Crippen LogP contribution < -0.4 is 16.4 Å². The van der Waals surface area contributed by atoms with Crippen LogP contribution in [-0.2, 0) is 17.6 Å². The summed E-state index contributed by atoms with van der Waals surface area (Å²) in [7, 11) is 0. The Hall–Kier alpha value is -2.18. The summed E-state index contributed by atoms with van der Waals surface area (Å²) in [6, 6.07) is 10.0. The van der Waals surface area contributed by atoms with Crippen LogP contribution in [0.2, 0.25) is 0 Å². The van der Waals surface area contributed by atoms with Gasteiger partial charge in [-0.2, -0.15) is 0 Å². The van der Waals surface area contributed by atoms with E-state index in [1.54, 1.807) is 0 Å². The fourth-order valence-corrected chi connectivity index (χ4v) is 4.81. The molecule has 0 radical (unpaired) electrons. The van der Waals surface area contributed by atoms with Gasteiger partial charge in [0.15, 0.2) is 0 Å². The minimum atomic E-state index is -0.460. The van der Waals surface area contributed by atoms with E-state index in [0.717, 1.165) is 30.4 Å². The molecule has 0 spiro atoms. The van der Waals surface area contributed by atoms with E-state index >= 15 is 0 Å². The Morgan fingerprint density at radius 1 is 1.31 bits per heavy atom. The summed E-state index contributed by atoms with van der Waals surface area (Å²) in [5.41, 5.74) is 8.25. The first-order chi connectivity index (χ1) is 12.5. The standard InChI is InChI=1S/C20H25N3O2S/c1-12-8-9-15-16(10-12)26-20(18(15)19(21)25)23-17(24)11-22-13(2)14-6-4-3-5-7-14/h3-7,12-13,22H,8-11H2,1-2H3,(H2,21,25)(H,23,24)/t12-,13-/m0/s1. The number of carbonyl (C=O) groups excluding carboxylic acids is 2. The SMILES string of the molecule is C[C@H]1CCc2c(sc(NC(=O)CN[C@@H](C)c3ccccc3)c2C(N)=O)C1. The van der Waals surface area contributed by atoms with Crippen molar-refractivity contribution in [2.45, 2.75) is 39.2 Å². The monoisotopic (exact) mass is 371 g/mol. The number of primary amides is 1. The van der Waals surface area contributed by atoms with E-state index in [1.165, 1.54) is 16.2 Å². The molecule has 0 unspecified atom stereocenters. The molecule has 4 N–H and O–H groups in total. The molecule has 1 aliphatic carbocycles. The van der Waals surface area contributed by atoms with Crippen molar-refractivity contribution in [1.29, 1.82) is 0 Å². The number of benzene rings is 1. The van der Waals surface area contributed by atoms with Crippen molar-refractivity contribution in [3.05, 3.63) is 51.9 Å². The highest BCUT2D eigenvalue weighted by atomic mass is 32.1. The summed E-state index contributed by atoms with van der Waals surface area (Å²) in [5.74, 6) is -0.0290. The van der Waals surface area contributed by atoms with E-state index in [0.29, 0.717) is 16.5 Å². The highest BCUT2D eigenvalue weighted by Crippen LogP contribution is 2.39. The molecule has 0 aliphatic heterocycles. The third kappa shape index (κ3) is 4.14. The van der Waals surface area contributed by atoms with Crippen molar-refractivity contribution < 1.29 is 9.59 Å². The molecular weight excluding hydrogens is 346 g/mol. The molecule has 0 saturated heterocycles. The minimum absolute atomic E-state index is 0.0648. The zero-order valence-electron chi connectivity index (χ0n) is 15.2. The minimum Gasteiger partial charge on any atom is -0.365 e. The lowest BCUT2D eigenvalue weighted by Crippen LogP contribution is -2.30. The first kappa shape index (κ1) is 18.6. The number of anilines is 1. The predicted molar refractivity (Wildman–Crippen MR) is 106 cm³/mol. The summed E-state index contributed by atoms with van der Waals surface area (Å²) >= 11 is 1.49. The smallest absolute Gasteiger partial charge is 0.251 e. The Morgan fingerprint density at radius 2 is 2.04 bits per heavy atom. The molecule has 6 heteroatoms. The van der Waals surface area contributed by atoms with Crippen LogP contribution in [0, 0.1) is 5.92 Å². The molecule has 5 nitrogen and oxygen atoms in total. The normalized spacial score (nSPS) is 17.4. The van der Waals surface area contributed by atoms with E-state index in [4.69, 9.17) is 5.73 Å². The van der Waals surface area contributed by atoms with Gasteiger partial charge in [-0.15, -0.1) is 11.3 Å². The van der Waals surface area contributed by atoms with Gasteiger partial charge in [0.1, 0.15) is 5.00 Å². The molecular formula is C20H25N3O2S. The van der Waals surface area contributed by atoms with Gasteiger partial charge in [0.2, 0.25) is 5.91 Å². The fraction of sp³-hybridized carbons (Fsp3) is 0.400. The van der Waals surface area contributed by atoms with Crippen LogP contribution in [0.3, 0.4) is 0 Å². The number of rotatable bonds is 6. The van der Waals surface area contributed by atoms with Crippen LogP contribution in [0.4, 0.5) is 5.00 Å². The number of nitrogens with one attached hydrogen (secondary N) is 2. The number of carbonyl (C=O) groups is 2. The zero-order chi connectivity index (χ0) is 18.7. The van der Waals surface area contributed by atoms with Crippen LogP contribution in [0.25, 0.3) is 0 Å². The Kier molecular flexibility index (Phi) is 5.74. The van der Waals surface area contributed by atoms with E-state index in [2.05, 4.69) is 17.6 Å². The van der Waals surface area contributed by atoms with Crippen LogP contribution in [0.1, 0.15) is 52.7 Å². The molecule has 2 aromatic rings. The van der Waals surface area contributed by atoms with E-state index in [-0.39, 0.29) is 18.5 Å². The molecule has 2 amide bonds. The van der Waals surface area contributed by atoms with Gasteiger partial charge in [0, 0.05) is 10.9 Å². The summed E-state index contributed by atoms with van der Waals surface area (Å²) in [4.78, 5) is 25.5. The zero-order valence-corrected chi connectivity index (χ0v) is 16.0. The van der Waals surface area contributed by atoms with Crippen molar-refractivity contribution in [2.24, 2.45) is 11.7 Å². The molecule has 3 rings (SSSR count). The summed E-state index contributed by atoms with van der Waals surface area (Å²) < 4.78 is 0. The molecule has 0 saturated carbocycles. The second-order valence-electron chi connectivity index (χ2n) is 6.98. The maximum atomic E-state index is 12.4. The van der Waals surface area contributed by atoms with Gasteiger partial charge in [-0.05, 0) is 43.2 Å². The van der Waals surface area contributed by atoms with Crippen LogP contribution in [0.15, 0.2) is 30.3 Å². The number of hydrogen-bond donors (Lipinski definition) is 3. The maximum Gasteiger partial charge on any atom is 0.251 e. The van der Waals surface area contributed by atoms with Gasteiger partial charge < -0.3 is 16.4 Å². The lowest BCUT2D eigenvalue weighted by atomic mass is 9.88. The van der Waals surface area contributed by atoms with E-state index in [9.17, 15) is 9.59 Å². The van der Waals surface area contributed by atoms with Crippen molar-refractivity contribution in [3.8, 4) is 0 Å². The molecule has 1 heterocycles. The Balaban J connectivity index is 1.67. The molecule has 2 atom stereocenters. The van der Waals surface area contributed by atoms with Crippen molar-refractivity contribution in [2.75, 3.05) is 11.9 Å². The second-order valence-corrected chi connectivity index (χ2v) is 8.09. The highest BCUT2D eigenvalue weighted by Gasteiger charge is 2.27. The Labute approximate surface area is 158 Å². The van der Waals surface area contributed by atoms with Crippen LogP contribution in [-0.4, -0.2) is 18.4 Å². The topological polar surface area (TPSA) is 84.2 Å². The first-order valence-electron chi connectivity index (χ1n) is 8.98. The molecule has 26 heavy (non-hydrogen) atoms. The van der Waals surface area contributed by atoms with E-state index < -0.39 is 5.91 Å². The van der Waals surface area contributed by atoms with Gasteiger partial charge in [-0.1, -0.05) is 37.3 Å². The van der Waals surface area contributed by atoms with E-state index in [1.807, 2.05) is 37.3 Å². The van der Waals surface area contributed by atoms with Gasteiger partial charge in [0.25, 0.3) is 5.91 Å². The van der Waals surface area contributed by atoms with Crippen LogP contribution in [0.5, 0.6) is 0 Å². The predicted octanol–water partition coefficient (Wildman–Crippen LogP) is 3.26. The Bertz CT molecular complexity index is 801. The lowest BCUT2D eigenvalue weighted by Gasteiger charge is -2.18. The molecule has 0 fully saturated rings. The first-order valence-corrected chi connectivity index (χ1v) is 9.80. The number of hydrogen-bond acceptors (Lipinski definition) is 4. The van der Waals surface area contributed by atoms with Crippen molar-refractivity contribution in [3.63, 3.8) is 0 Å². The lowest BCUT2D eigenvalue weighted by molar-refractivity contribution is -0.115. The quantitative estimate of drug-likeness (QED) is 0.729. The number of nitrogens with two attached hydrogens (primary N) is 1. The molecule has 138 valence electrons. The number of amides is 2. The fourth-order valence-electron chi connectivity index (χ4n) is 3.38. The summed E-state index contributed by atoms with van der Waals surface area (Å²) in [5, 5.41) is 6.69. The molecule has 0 bridgehead atoms. The number of thiophene rings is 1. The summed E-state index contributed by atoms with van der Waals surface area (Å²) in [6.07, 6.45) is 2.84. The third-order valence-electron chi connectivity index (χ3n) is 4.88. The van der Waals surface area contributed by atoms with Gasteiger partial charge in [-0.3, -0.25) is 9.59 Å². The van der Waals surface area contributed by atoms with Crippen molar-refractivity contribution in [1.82, 2.24) is 5.32 Å². The van der Waals surface area contributed by atoms with Gasteiger partial charge in [0.05, 0.1) is 12.1 Å². The van der Waals surface area contributed by atoms with Gasteiger partial charge in [-0.25, -0.2) is 0 Å². The highest BCUT2D eigenvalue weighted by molar-refractivity contribution is 7.17. The Morgan fingerprint density at radius 3 is 2.73 bits per heavy atom. The average molecular weight is 372 g/mol. The maximum absolute atomic E-state index is 12.4. The van der Waals surface area contributed by atoms with Gasteiger partial charge >= 0.3 is 0 Å². The number of fused-ring (bicyclic) bond motifs is 1. The third-order valence-corrected chi connectivity index (χ3v) is 6.05. The second kappa shape index (κ2) is 8.01. The largest absolute Gasteiger partial charge is 0.365 e. The molecule has 1 aliphatic rings. The van der Waals surface area contributed by atoms with Crippen LogP contribution >= 0.6 is 11.3 Å². The molecule has 1 aromatic carbocycles. The molecule has 1 aromatic heterocycles. The summed E-state index contributed by atoms with van der Waals surface area (Å²) in [6.45, 7) is 4.40.